The molecule has 0 heterocycles. The Morgan fingerprint density at radius 3 is 2.44 bits per heavy atom. The predicted molar refractivity (Wildman–Crippen MR) is 139 cm³/mol. The highest BCUT2D eigenvalue weighted by Gasteiger charge is 2.63. The number of aliphatic hydroxyl groups excluding tert-OH is 2. The number of allylic oxidation sites excluding steroid dienone is 1. The predicted octanol–water partition coefficient (Wildman–Crippen LogP) is 1.16. The van der Waals surface area contributed by atoms with Crippen molar-refractivity contribution in [1.29, 1.82) is 0 Å². The quantitative estimate of drug-likeness (QED) is 0.286. The van der Waals surface area contributed by atoms with E-state index in [2.05, 4.69) is 12.2 Å². The van der Waals surface area contributed by atoms with Crippen molar-refractivity contribution >= 4 is 17.5 Å². The summed E-state index contributed by atoms with van der Waals surface area (Å²) in [4.78, 5) is 40.8. The van der Waals surface area contributed by atoms with Gasteiger partial charge in [-0.05, 0) is 65.1 Å². The molecule has 5 rings (SSSR count). The second-order valence-corrected chi connectivity index (χ2v) is 11.7. The number of carbonyl (C=O) groups is 3. The van der Waals surface area contributed by atoms with Gasteiger partial charge in [0.05, 0.1) is 18.7 Å². The van der Waals surface area contributed by atoms with Crippen molar-refractivity contribution in [1.82, 2.24) is 10.2 Å². The summed E-state index contributed by atoms with van der Waals surface area (Å²) in [6, 6.07) is 0.423. The molecule has 7 N–H and O–H groups in total. The van der Waals surface area contributed by atoms with Gasteiger partial charge in [-0.1, -0.05) is 0 Å². The first-order chi connectivity index (χ1) is 18.3. The van der Waals surface area contributed by atoms with Gasteiger partial charge in [-0.2, -0.15) is 0 Å². The third-order valence-electron chi connectivity index (χ3n) is 9.12. The molecule has 210 valence electrons. The Morgan fingerprint density at radius 2 is 1.90 bits per heavy atom. The fraction of sp³-hybridized carbons (Fsp3) is 0.536. The van der Waals surface area contributed by atoms with Crippen LogP contribution in [0.4, 0.5) is 0 Å². The molecule has 0 radical (unpaired) electrons. The number of amides is 1. The highest BCUT2D eigenvalue weighted by Crippen LogP contribution is 2.53. The normalized spacial score (nSPS) is 29.5. The molecule has 0 unspecified atom stereocenters. The number of carbonyl (C=O) groups excluding carboxylic acids is 3. The van der Waals surface area contributed by atoms with Crippen molar-refractivity contribution < 1.29 is 39.5 Å². The number of methoxy groups -OCH3 is 1. The van der Waals surface area contributed by atoms with Crippen molar-refractivity contribution in [2.75, 3.05) is 21.2 Å². The SMILES string of the molecule is COc1c(CNC2(C)CCC2)cc(O)c2c1C[C@H]1C[C@H]3[C@H](N(C)C)C(O)=C(C(N)=O)C(=O)[C@@]3(O)C(O)=C1C2=O. The van der Waals surface area contributed by atoms with Gasteiger partial charge >= 0.3 is 0 Å². The maximum Gasteiger partial charge on any atom is 0.255 e. The number of rotatable bonds is 6. The number of phenolic OH excluding ortho intramolecular Hbond substituents is 1. The van der Waals surface area contributed by atoms with E-state index in [-0.39, 0.29) is 35.3 Å². The fourth-order valence-corrected chi connectivity index (χ4v) is 6.94. The molecular formula is C28H35N3O8. The number of aromatic hydroxyl groups is 1. The largest absolute Gasteiger partial charge is 0.510 e. The van der Waals surface area contributed by atoms with Crippen LogP contribution in [0.3, 0.4) is 0 Å². The first-order valence-electron chi connectivity index (χ1n) is 13.1. The number of nitrogens with one attached hydrogen (secondary N) is 1. The summed E-state index contributed by atoms with van der Waals surface area (Å²) in [7, 11) is 4.68. The van der Waals surface area contributed by atoms with Crippen molar-refractivity contribution in [2.24, 2.45) is 17.6 Å². The molecule has 11 heteroatoms. The number of primary amides is 1. The zero-order valence-corrected chi connectivity index (χ0v) is 22.5. The van der Waals surface area contributed by atoms with Crippen LogP contribution in [0.1, 0.15) is 54.1 Å². The Labute approximate surface area is 225 Å². The van der Waals surface area contributed by atoms with E-state index >= 15 is 0 Å². The first kappa shape index (κ1) is 27.2. The Hall–Kier alpha value is -3.41. The van der Waals surface area contributed by atoms with E-state index in [1.54, 1.807) is 14.1 Å². The number of ether oxygens (including phenoxy) is 1. The van der Waals surface area contributed by atoms with Gasteiger partial charge in [-0.3, -0.25) is 19.3 Å². The van der Waals surface area contributed by atoms with Crippen LogP contribution >= 0.6 is 0 Å². The molecule has 1 amide bonds. The molecular weight excluding hydrogens is 506 g/mol. The topological polar surface area (TPSA) is 183 Å². The molecule has 0 spiro atoms. The lowest BCUT2D eigenvalue weighted by Gasteiger charge is -2.50. The summed E-state index contributed by atoms with van der Waals surface area (Å²) in [5.41, 5.74) is 2.78. The minimum Gasteiger partial charge on any atom is -0.510 e. The average Bonchev–Trinajstić information content (AvgIpc) is 2.83. The van der Waals surface area contributed by atoms with Crippen LogP contribution in [0.25, 0.3) is 0 Å². The summed E-state index contributed by atoms with van der Waals surface area (Å²) < 4.78 is 5.74. The standard InChI is InChI=1S/C28H35N3O8/c1-27(6-5-7-27)30-11-13-10-16(32)18-14(23(13)39-4)8-12-9-15-20(31(2)3)22(34)19(26(29)37)25(36)28(15,38)24(35)17(12)21(18)33/h10,12,15,20,30,32,34-35,38H,5-9,11H2,1-4H3,(H2,29,37)/t12-,15-,20-,28-/m0/s1. The lowest BCUT2D eigenvalue weighted by atomic mass is 9.58. The average molecular weight is 542 g/mol. The number of nitrogens with two attached hydrogens (primary N) is 1. The van der Waals surface area contributed by atoms with Crippen LogP contribution in [0, 0.1) is 11.8 Å². The Kier molecular flexibility index (Phi) is 6.32. The summed E-state index contributed by atoms with van der Waals surface area (Å²) >= 11 is 0. The van der Waals surface area contributed by atoms with E-state index < -0.39 is 58.0 Å². The molecule has 4 atom stereocenters. The molecule has 0 bridgehead atoms. The number of hydrogen-bond acceptors (Lipinski definition) is 10. The van der Waals surface area contributed by atoms with E-state index in [0.29, 0.717) is 23.4 Å². The Bertz CT molecular complexity index is 1360. The van der Waals surface area contributed by atoms with E-state index in [4.69, 9.17) is 10.5 Å². The number of ketones is 2. The number of hydrogen-bond donors (Lipinski definition) is 6. The molecule has 1 saturated carbocycles. The summed E-state index contributed by atoms with van der Waals surface area (Å²) in [5.74, 6) is -6.31. The third-order valence-corrected chi connectivity index (χ3v) is 9.12. The van der Waals surface area contributed by atoms with Crippen molar-refractivity contribution in [2.45, 2.75) is 62.8 Å². The number of aliphatic hydroxyl groups is 3. The van der Waals surface area contributed by atoms with Crippen molar-refractivity contribution in [3.8, 4) is 11.5 Å². The molecule has 1 aromatic carbocycles. The Balaban J connectivity index is 1.63. The number of likely N-dealkylation sites (N-methyl/N-ethyl adjacent to an activating group) is 1. The highest BCUT2D eigenvalue weighted by molar-refractivity contribution is 6.24. The van der Waals surface area contributed by atoms with E-state index in [1.807, 2.05) is 0 Å². The van der Waals surface area contributed by atoms with Gasteiger partial charge in [0.1, 0.15) is 28.6 Å². The molecule has 11 nitrogen and oxygen atoms in total. The minimum absolute atomic E-state index is 0.00409. The van der Waals surface area contributed by atoms with E-state index in [0.717, 1.165) is 19.3 Å². The molecule has 0 saturated heterocycles. The molecule has 1 aromatic rings. The zero-order valence-electron chi connectivity index (χ0n) is 22.5. The van der Waals surface area contributed by atoms with E-state index in [1.165, 1.54) is 18.1 Å². The van der Waals surface area contributed by atoms with Crippen LogP contribution in [-0.2, 0) is 22.6 Å². The monoisotopic (exact) mass is 541 g/mol. The third kappa shape index (κ3) is 3.78. The maximum absolute atomic E-state index is 13.8. The zero-order chi connectivity index (χ0) is 28.6. The second kappa shape index (κ2) is 9.07. The minimum atomic E-state index is -2.66. The van der Waals surface area contributed by atoms with Crippen LogP contribution < -0.4 is 15.8 Å². The number of fused-ring (bicyclic) bond motifs is 3. The molecule has 4 aliphatic carbocycles. The molecule has 4 aliphatic rings. The number of nitrogens with zero attached hydrogens (tertiary/aromatic N) is 1. The molecule has 0 aromatic heterocycles. The van der Waals surface area contributed by atoms with Crippen LogP contribution in [0.2, 0.25) is 0 Å². The second-order valence-electron chi connectivity index (χ2n) is 11.7. The number of benzene rings is 1. The van der Waals surface area contributed by atoms with Gasteiger partial charge in [-0.25, -0.2) is 0 Å². The maximum atomic E-state index is 13.8. The smallest absolute Gasteiger partial charge is 0.255 e. The van der Waals surface area contributed by atoms with Crippen molar-refractivity contribution in [3.05, 3.63) is 45.4 Å². The lowest BCUT2D eigenvalue weighted by molar-refractivity contribution is -0.148. The van der Waals surface area contributed by atoms with Gasteiger partial charge in [-0.15, -0.1) is 0 Å². The van der Waals surface area contributed by atoms with Gasteiger partial charge in [0.25, 0.3) is 5.91 Å². The van der Waals surface area contributed by atoms with Gasteiger partial charge in [0.2, 0.25) is 5.78 Å². The molecule has 1 fully saturated rings. The van der Waals surface area contributed by atoms with E-state index in [9.17, 15) is 34.8 Å². The van der Waals surface area contributed by atoms with Crippen molar-refractivity contribution in [3.63, 3.8) is 0 Å². The van der Waals surface area contributed by atoms with Crippen LogP contribution in [-0.4, -0.2) is 81.2 Å². The molecule has 39 heavy (non-hydrogen) atoms. The first-order valence-corrected chi connectivity index (χ1v) is 13.1. The summed E-state index contributed by atoms with van der Waals surface area (Å²) in [5, 5.41) is 48.4. The fourth-order valence-electron chi connectivity index (χ4n) is 6.94. The summed E-state index contributed by atoms with van der Waals surface area (Å²) in [6.07, 6.45) is 3.41. The summed E-state index contributed by atoms with van der Waals surface area (Å²) in [6.45, 7) is 2.55. The van der Waals surface area contributed by atoms with Gasteiger partial charge in [0.15, 0.2) is 11.4 Å². The Morgan fingerprint density at radius 1 is 1.23 bits per heavy atom. The van der Waals surface area contributed by atoms with Gasteiger partial charge < -0.3 is 36.2 Å². The lowest BCUT2D eigenvalue weighted by Crippen LogP contribution is -2.63. The molecule has 0 aliphatic heterocycles. The van der Waals surface area contributed by atoms with Crippen LogP contribution in [0.5, 0.6) is 11.5 Å². The number of Topliss-reactive ketones (excluding diaryl/α,β-unsaturated/α-hetero) is 2. The highest BCUT2D eigenvalue weighted by atomic mass is 16.5. The van der Waals surface area contributed by atoms with Gasteiger partial charge in [0, 0.05) is 34.7 Å². The number of phenols is 1. The van der Waals surface area contributed by atoms with Crippen LogP contribution in [0.15, 0.2) is 28.7 Å².